The van der Waals surface area contributed by atoms with Crippen molar-refractivity contribution in [3.8, 4) is 17.3 Å². The van der Waals surface area contributed by atoms with Crippen molar-refractivity contribution in [1.29, 1.82) is 0 Å². The van der Waals surface area contributed by atoms with Crippen LogP contribution in [-0.4, -0.2) is 77.3 Å². The molecule has 4 fully saturated rings. The van der Waals surface area contributed by atoms with Gasteiger partial charge in [0.05, 0.1) is 16.6 Å². The van der Waals surface area contributed by atoms with E-state index in [0.29, 0.717) is 35.5 Å². The van der Waals surface area contributed by atoms with Gasteiger partial charge in [-0.25, -0.2) is 8.78 Å². The third kappa shape index (κ3) is 3.88. The Hall–Kier alpha value is -3.11. The Bertz CT molecular complexity index is 1360. The minimum absolute atomic E-state index is 0.0256. The van der Waals surface area contributed by atoms with Gasteiger partial charge in [-0.1, -0.05) is 12.1 Å². The van der Waals surface area contributed by atoms with E-state index >= 15 is 4.39 Å². The average molecular weight is 522 g/mol. The predicted octanol–water partition coefficient (Wildman–Crippen LogP) is 3.96. The van der Waals surface area contributed by atoms with Crippen molar-refractivity contribution in [3.63, 3.8) is 0 Å². The summed E-state index contributed by atoms with van der Waals surface area (Å²) in [5.41, 5.74) is 0.774. The van der Waals surface area contributed by atoms with Crippen molar-refractivity contribution in [2.75, 3.05) is 50.1 Å². The summed E-state index contributed by atoms with van der Waals surface area (Å²) in [6, 6.07) is 5.52. The summed E-state index contributed by atoms with van der Waals surface area (Å²) < 4.78 is 37.1. The summed E-state index contributed by atoms with van der Waals surface area (Å²) in [5.74, 6) is -0.411. The van der Waals surface area contributed by atoms with E-state index in [0.717, 1.165) is 51.9 Å². The summed E-state index contributed by atoms with van der Waals surface area (Å²) in [4.78, 5) is 18.7. The standard InChI is InChI=1S/C28H33F2N7O/c1-31-23-19(5-2-6-21(23)29)24-22(30)25-20(13-32-24)26(36-14-17-7-8-18(15-36)33-17)35-27(34-25)38-16-28-9-3-11-37(28)12-4-10-28/h2,5-6,13,17-18,31,33H,3-4,7-12,14-16H2,1H3. The molecule has 1 aromatic carbocycles. The van der Waals surface area contributed by atoms with Crippen LogP contribution in [0, 0.1) is 11.6 Å². The molecule has 200 valence electrons. The average Bonchev–Trinajstić information content (AvgIpc) is 3.61. The monoisotopic (exact) mass is 521 g/mol. The first-order valence-corrected chi connectivity index (χ1v) is 13.8. The molecule has 6 heterocycles. The van der Waals surface area contributed by atoms with Crippen molar-refractivity contribution in [2.24, 2.45) is 0 Å². The zero-order valence-electron chi connectivity index (χ0n) is 21.6. The Morgan fingerprint density at radius 3 is 2.61 bits per heavy atom. The summed E-state index contributed by atoms with van der Waals surface area (Å²) in [6.07, 6.45) is 8.40. The lowest BCUT2D eigenvalue weighted by Gasteiger charge is -2.34. The number of hydrogen-bond donors (Lipinski definition) is 2. The summed E-state index contributed by atoms with van der Waals surface area (Å²) >= 11 is 0. The van der Waals surface area contributed by atoms with E-state index in [-0.39, 0.29) is 28.4 Å². The second-order valence-corrected chi connectivity index (χ2v) is 11.2. The number of halogens is 2. The van der Waals surface area contributed by atoms with Gasteiger partial charge in [0, 0.05) is 44.0 Å². The quantitative estimate of drug-likeness (QED) is 0.505. The van der Waals surface area contributed by atoms with Gasteiger partial charge >= 0.3 is 6.01 Å². The van der Waals surface area contributed by atoms with Gasteiger partial charge in [0.15, 0.2) is 5.82 Å². The number of hydrogen-bond acceptors (Lipinski definition) is 8. The molecule has 3 aromatic rings. The van der Waals surface area contributed by atoms with Crippen molar-refractivity contribution in [3.05, 3.63) is 36.0 Å². The lowest BCUT2D eigenvalue weighted by Crippen LogP contribution is -2.51. The Morgan fingerprint density at radius 1 is 1.11 bits per heavy atom. The second kappa shape index (κ2) is 9.27. The first kappa shape index (κ1) is 24.0. The molecule has 4 aliphatic heterocycles. The molecule has 0 spiro atoms. The van der Waals surface area contributed by atoms with E-state index < -0.39 is 11.6 Å². The van der Waals surface area contributed by atoms with Gasteiger partial charge in [-0.3, -0.25) is 9.88 Å². The fraction of sp³-hybridized carbons (Fsp3) is 0.536. The van der Waals surface area contributed by atoms with Crippen molar-refractivity contribution in [1.82, 2.24) is 25.2 Å². The second-order valence-electron chi connectivity index (χ2n) is 11.2. The molecule has 2 N–H and O–H groups in total. The van der Waals surface area contributed by atoms with Crippen LogP contribution in [0.1, 0.15) is 38.5 Å². The van der Waals surface area contributed by atoms with Crippen LogP contribution in [0.2, 0.25) is 0 Å². The van der Waals surface area contributed by atoms with E-state index in [2.05, 4.69) is 30.4 Å². The highest BCUT2D eigenvalue weighted by Crippen LogP contribution is 2.40. The van der Waals surface area contributed by atoms with Crippen molar-refractivity contribution in [2.45, 2.75) is 56.1 Å². The number of nitrogens with one attached hydrogen (secondary N) is 2. The van der Waals surface area contributed by atoms with Gasteiger partial charge in [0.2, 0.25) is 0 Å². The van der Waals surface area contributed by atoms with Crippen LogP contribution in [0.25, 0.3) is 22.2 Å². The number of rotatable bonds is 6. The third-order valence-electron chi connectivity index (χ3n) is 8.96. The zero-order chi connectivity index (χ0) is 25.9. The largest absolute Gasteiger partial charge is 0.461 e. The van der Waals surface area contributed by atoms with Crippen molar-refractivity contribution < 1.29 is 13.5 Å². The summed E-state index contributed by atoms with van der Waals surface area (Å²) in [7, 11) is 1.61. The Kier molecular flexibility index (Phi) is 5.85. The molecule has 0 radical (unpaired) electrons. The number of para-hydroxylation sites is 1. The number of anilines is 2. The van der Waals surface area contributed by atoms with E-state index in [1.165, 1.54) is 18.9 Å². The number of fused-ring (bicyclic) bond motifs is 4. The number of aromatic nitrogens is 3. The molecule has 38 heavy (non-hydrogen) atoms. The highest BCUT2D eigenvalue weighted by molar-refractivity contribution is 5.93. The van der Waals surface area contributed by atoms with E-state index in [4.69, 9.17) is 9.72 Å². The Morgan fingerprint density at radius 2 is 1.87 bits per heavy atom. The van der Waals surface area contributed by atoms with E-state index in [9.17, 15) is 4.39 Å². The Balaban J connectivity index is 1.32. The number of ether oxygens (including phenoxy) is 1. The van der Waals surface area contributed by atoms with Gasteiger partial charge in [0.25, 0.3) is 0 Å². The number of benzene rings is 1. The number of piperazine rings is 1. The van der Waals surface area contributed by atoms with Gasteiger partial charge in [0.1, 0.15) is 29.5 Å². The Labute approximate surface area is 220 Å². The molecule has 2 aromatic heterocycles. The van der Waals surface area contributed by atoms with Crippen molar-refractivity contribution >= 4 is 22.4 Å². The van der Waals surface area contributed by atoms with Crippen LogP contribution in [-0.2, 0) is 0 Å². The van der Waals surface area contributed by atoms with Crippen LogP contribution < -0.4 is 20.3 Å². The lowest BCUT2D eigenvalue weighted by molar-refractivity contribution is 0.108. The van der Waals surface area contributed by atoms with Crippen LogP contribution >= 0.6 is 0 Å². The molecule has 8 nitrogen and oxygen atoms in total. The molecule has 7 rings (SSSR count). The van der Waals surface area contributed by atoms with Gasteiger partial charge < -0.3 is 20.3 Å². The fourth-order valence-electron chi connectivity index (χ4n) is 7.12. The van der Waals surface area contributed by atoms with Crippen LogP contribution in [0.15, 0.2) is 24.4 Å². The molecular formula is C28H33F2N7O. The minimum Gasteiger partial charge on any atom is -0.461 e. The highest BCUT2D eigenvalue weighted by Gasteiger charge is 2.45. The van der Waals surface area contributed by atoms with Crippen LogP contribution in [0.3, 0.4) is 0 Å². The van der Waals surface area contributed by atoms with Crippen LogP contribution in [0.4, 0.5) is 20.3 Å². The summed E-state index contributed by atoms with van der Waals surface area (Å²) in [6.45, 7) is 4.27. The number of nitrogens with zero attached hydrogens (tertiary/aromatic N) is 5. The zero-order valence-corrected chi connectivity index (χ0v) is 21.6. The van der Waals surface area contributed by atoms with E-state index in [1.807, 2.05) is 0 Å². The molecular weight excluding hydrogens is 488 g/mol. The molecule has 2 atom stereocenters. The smallest absolute Gasteiger partial charge is 0.319 e. The normalized spacial score (nSPS) is 24.2. The SMILES string of the molecule is CNc1c(F)cccc1-c1ncc2c(N3CC4CCC(C3)N4)nc(OCC34CCCN3CCC4)nc2c1F. The maximum atomic E-state index is 16.3. The molecule has 4 saturated heterocycles. The first-order valence-electron chi connectivity index (χ1n) is 13.8. The van der Waals surface area contributed by atoms with Crippen LogP contribution in [0.5, 0.6) is 6.01 Å². The molecule has 0 aliphatic carbocycles. The molecule has 2 bridgehead atoms. The van der Waals surface area contributed by atoms with Gasteiger partial charge in [-0.05, 0) is 57.7 Å². The third-order valence-corrected chi connectivity index (χ3v) is 8.96. The highest BCUT2D eigenvalue weighted by atomic mass is 19.1. The lowest BCUT2D eigenvalue weighted by atomic mass is 9.95. The number of pyridine rings is 1. The predicted molar refractivity (Wildman–Crippen MR) is 143 cm³/mol. The fourth-order valence-corrected chi connectivity index (χ4v) is 7.12. The minimum atomic E-state index is -0.599. The molecule has 0 saturated carbocycles. The molecule has 2 unspecified atom stereocenters. The maximum Gasteiger partial charge on any atom is 0.319 e. The van der Waals surface area contributed by atoms with Gasteiger partial charge in [-0.2, -0.15) is 9.97 Å². The first-order chi connectivity index (χ1) is 18.5. The molecule has 0 amide bonds. The van der Waals surface area contributed by atoms with Gasteiger partial charge in [-0.15, -0.1) is 0 Å². The van der Waals surface area contributed by atoms with E-state index in [1.54, 1.807) is 25.4 Å². The molecule has 10 heteroatoms. The topological polar surface area (TPSA) is 78.4 Å². The molecule has 4 aliphatic rings. The summed E-state index contributed by atoms with van der Waals surface area (Å²) in [5, 5.41) is 7.03. The maximum absolute atomic E-state index is 16.3.